The molecule has 1 saturated heterocycles. The van der Waals surface area contributed by atoms with Crippen LogP contribution in [0.4, 0.5) is 0 Å². The van der Waals surface area contributed by atoms with E-state index in [1.54, 1.807) is 31.2 Å². The summed E-state index contributed by atoms with van der Waals surface area (Å²) in [7, 11) is 0. The number of halogens is 1. The minimum absolute atomic E-state index is 0.00214. The van der Waals surface area contributed by atoms with Gasteiger partial charge in [0.25, 0.3) is 5.91 Å². The number of rotatable bonds is 8. The molecule has 1 aromatic heterocycles. The first-order valence-electron chi connectivity index (χ1n) is 10.4. The maximum atomic E-state index is 12.5. The Bertz CT molecular complexity index is 858. The number of esters is 1. The van der Waals surface area contributed by atoms with Crippen LogP contribution in [0.15, 0.2) is 30.3 Å². The first-order valence-corrected chi connectivity index (χ1v) is 10.8. The number of likely N-dealkylation sites (tertiary alicyclic amines) is 1. The largest absolute Gasteiger partial charge is 0.484 e. The second-order valence-corrected chi connectivity index (χ2v) is 7.73. The zero-order valence-corrected chi connectivity index (χ0v) is 18.2. The average molecular weight is 434 g/mol. The first kappa shape index (κ1) is 22.2. The lowest BCUT2D eigenvalue weighted by Gasteiger charge is -2.32. The summed E-state index contributed by atoms with van der Waals surface area (Å²) in [5.74, 6) is 0.195. The van der Waals surface area contributed by atoms with Crippen molar-refractivity contribution in [1.29, 1.82) is 0 Å². The van der Waals surface area contributed by atoms with E-state index in [0.717, 1.165) is 31.4 Å². The predicted molar refractivity (Wildman–Crippen MR) is 114 cm³/mol. The molecule has 162 valence electrons. The van der Waals surface area contributed by atoms with Gasteiger partial charge in [-0.05, 0) is 56.5 Å². The van der Waals surface area contributed by atoms with Gasteiger partial charge in [0.2, 0.25) is 0 Å². The molecule has 0 atom stereocenters. The lowest BCUT2D eigenvalue weighted by atomic mass is 10.0. The molecule has 3 rings (SSSR count). The standard InChI is InChI=1S/C22H28ClN3O4/c1-3-5-18-14-20(22(28)29-4-2)24-26(18)17-10-12-25(13-11-17)21(27)15-30-19-8-6-16(23)7-9-19/h6-9,14,17H,3-5,10-13,15H2,1-2H3. The molecule has 8 heteroatoms. The van der Waals surface area contributed by atoms with E-state index in [4.69, 9.17) is 21.1 Å². The summed E-state index contributed by atoms with van der Waals surface area (Å²) in [5.41, 5.74) is 1.39. The topological polar surface area (TPSA) is 73.7 Å². The highest BCUT2D eigenvalue weighted by Crippen LogP contribution is 2.25. The third kappa shape index (κ3) is 5.53. The maximum Gasteiger partial charge on any atom is 0.358 e. The molecule has 2 heterocycles. The molecule has 1 fully saturated rings. The maximum absolute atomic E-state index is 12.5. The summed E-state index contributed by atoms with van der Waals surface area (Å²) in [6.45, 7) is 5.48. The van der Waals surface area contributed by atoms with E-state index in [1.165, 1.54) is 0 Å². The first-order chi connectivity index (χ1) is 14.5. The van der Waals surface area contributed by atoms with Crippen LogP contribution in [0, 0.1) is 0 Å². The van der Waals surface area contributed by atoms with Crippen LogP contribution in [0.1, 0.15) is 55.3 Å². The molecule has 1 amide bonds. The van der Waals surface area contributed by atoms with Crippen molar-refractivity contribution in [1.82, 2.24) is 14.7 Å². The highest BCUT2D eigenvalue weighted by molar-refractivity contribution is 6.30. The molecule has 1 aliphatic heterocycles. The Morgan fingerprint density at radius 1 is 1.17 bits per heavy atom. The zero-order chi connectivity index (χ0) is 21.5. The Balaban J connectivity index is 1.57. The smallest absolute Gasteiger partial charge is 0.358 e. The molecule has 0 spiro atoms. The number of piperidine rings is 1. The van der Waals surface area contributed by atoms with Crippen LogP contribution >= 0.6 is 11.6 Å². The van der Waals surface area contributed by atoms with Gasteiger partial charge in [0, 0.05) is 23.8 Å². The summed E-state index contributed by atoms with van der Waals surface area (Å²) < 4.78 is 12.6. The van der Waals surface area contributed by atoms with Crippen LogP contribution < -0.4 is 4.74 Å². The molecule has 30 heavy (non-hydrogen) atoms. The van der Waals surface area contributed by atoms with Crippen LogP contribution in [-0.4, -0.2) is 52.9 Å². The number of benzene rings is 1. The van der Waals surface area contributed by atoms with Crippen molar-refractivity contribution >= 4 is 23.5 Å². The van der Waals surface area contributed by atoms with E-state index < -0.39 is 0 Å². The monoisotopic (exact) mass is 433 g/mol. The molecule has 0 unspecified atom stereocenters. The number of aryl methyl sites for hydroxylation is 1. The van der Waals surface area contributed by atoms with Crippen molar-refractivity contribution < 1.29 is 19.1 Å². The predicted octanol–water partition coefficient (Wildman–Crippen LogP) is 3.91. The van der Waals surface area contributed by atoms with E-state index in [0.29, 0.717) is 36.2 Å². The number of carbonyl (C=O) groups is 2. The number of hydrogen-bond donors (Lipinski definition) is 0. The fraction of sp³-hybridized carbons (Fsp3) is 0.500. The van der Waals surface area contributed by atoms with E-state index in [9.17, 15) is 9.59 Å². The third-order valence-electron chi connectivity index (χ3n) is 5.14. The van der Waals surface area contributed by atoms with Crippen molar-refractivity contribution in [3.8, 4) is 5.75 Å². The second kappa shape index (κ2) is 10.5. The average Bonchev–Trinajstić information content (AvgIpc) is 3.18. The molecule has 2 aromatic rings. The normalized spacial score (nSPS) is 14.6. The quantitative estimate of drug-likeness (QED) is 0.590. The van der Waals surface area contributed by atoms with Crippen LogP contribution in [0.5, 0.6) is 5.75 Å². The van der Waals surface area contributed by atoms with E-state index in [2.05, 4.69) is 12.0 Å². The highest BCUT2D eigenvalue weighted by atomic mass is 35.5. The van der Waals surface area contributed by atoms with Crippen molar-refractivity contribution in [2.75, 3.05) is 26.3 Å². The van der Waals surface area contributed by atoms with Crippen molar-refractivity contribution in [3.05, 3.63) is 46.7 Å². The Hall–Kier alpha value is -2.54. The van der Waals surface area contributed by atoms with Gasteiger partial charge >= 0.3 is 5.97 Å². The van der Waals surface area contributed by atoms with Crippen molar-refractivity contribution in [3.63, 3.8) is 0 Å². The van der Waals surface area contributed by atoms with Crippen LogP contribution in [0.25, 0.3) is 0 Å². The molecule has 1 aliphatic rings. The summed E-state index contributed by atoms with van der Waals surface area (Å²) >= 11 is 5.86. The Kier molecular flexibility index (Phi) is 7.74. The number of nitrogens with zero attached hydrogens (tertiary/aromatic N) is 3. The van der Waals surface area contributed by atoms with E-state index >= 15 is 0 Å². The van der Waals surface area contributed by atoms with Crippen LogP contribution in [0.2, 0.25) is 5.02 Å². The number of hydrogen-bond acceptors (Lipinski definition) is 5. The van der Waals surface area contributed by atoms with Gasteiger partial charge in [0.15, 0.2) is 12.3 Å². The second-order valence-electron chi connectivity index (χ2n) is 7.29. The fourth-order valence-electron chi connectivity index (χ4n) is 3.62. The molecule has 0 bridgehead atoms. The molecular weight excluding hydrogens is 406 g/mol. The van der Waals surface area contributed by atoms with Gasteiger partial charge in [-0.1, -0.05) is 24.9 Å². The molecule has 0 radical (unpaired) electrons. The van der Waals surface area contributed by atoms with E-state index in [1.807, 2.05) is 15.6 Å². The van der Waals surface area contributed by atoms with Gasteiger partial charge in [-0.3, -0.25) is 9.48 Å². The fourth-order valence-corrected chi connectivity index (χ4v) is 3.75. The zero-order valence-electron chi connectivity index (χ0n) is 17.5. The summed E-state index contributed by atoms with van der Waals surface area (Å²) in [5, 5.41) is 5.15. The van der Waals surface area contributed by atoms with Gasteiger partial charge in [-0.2, -0.15) is 5.10 Å². The molecule has 0 aliphatic carbocycles. The van der Waals surface area contributed by atoms with Gasteiger partial charge in [-0.25, -0.2) is 4.79 Å². The molecule has 0 saturated carbocycles. The number of amides is 1. The Labute approximate surface area is 181 Å². The SMILES string of the molecule is CCCc1cc(C(=O)OCC)nn1C1CCN(C(=O)COc2ccc(Cl)cc2)CC1. The Morgan fingerprint density at radius 3 is 2.50 bits per heavy atom. The highest BCUT2D eigenvalue weighted by Gasteiger charge is 2.27. The lowest BCUT2D eigenvalue weighted by Crippen LogP contribution is -2.41. The third-order valence-corrected chi connectivity index (χ3v) is 5.39. The molecule has 1 aromatic carbocycles. The summed E-state index contributed by atoms with van der Waals surface area (Å²) in [6, 6.07) is 8.95. The lowest BCUT2D eigenvalue weighted by molar-refractivity contribution is -0.134. The van der Waals surface area contributed by atoms with Gasteiger partial charge < -0.3 is 14.4 Å². The van der Waals surface area contributed by atoms with Gasteiger partial charge in [0.05, 0.1) is 12.6 Å². The van der Waals surface area contributed by atoms with Crippen LogP contribution in [-0.2, 0) is 16.0 Å². The molecule has 0 N–H and O–H groups in total. The Morgan fingerprint density at radius 2 is 1.87 bits per heavy atom. The minimum atomic E-state index is -0.388. The number of aromatic nitrogens is 2. The number of carbonyl (C=O) groups excluding carboxylic acids is 2. The van der Waals surface area contributed by atoms with Crippen molar-refractivity contribution in [2.24, 2.45) is 0 Å². The van der Waals surface area contributed by atoms with Crippen LogP contribution in [0.3, 0.4) is 0 Å². The number of ether oxygens (including phenoxy) is 2. The van der Waals surface area contributed by atoms with Gasteiger partial charge in [0.1, 0.15) is 5.75 Å². The molecule has 7 nitrogen and oxygen atoms in total. The summed E-state index contributed by atoms with van der Waals surface area (Å²) in [4.78, 5) is 26.4. The minimum Gasteiger partial charge on any atom is -0.484 e. The van der Waals surface area contributed by atoms with Crippen molar-refractivity contribution in [2.45, 2.75) is 45.6 Å². The van der Waals surface area contributed by atoms with E-state index in [-0.39, 0.29) is 24.5 Å². The molecular formula is C22H28ClN3O4. The van der Waals surface area contributed by atoms with Gasteiger partial charge in [-0.15, -0.1) is 0 Å². The summed E-state index contributed by atoms with van der Waals surface area (Å²) in [6.07, 6.45) is 3.38.